The van der Waals surface area contributed by atoms with Gasteiger partial charge in [0.15, 0.2) is 0 Å². The van der Waals surface area contributed by atoms with E-state index in [4.69, 9.17) is 18.9 Å². The normalized spacial score (nSPS) is 27.4. The fraction of sp³-hybridized carbons (Fsp3) is 0.333. The van der Waals surface area contributed by atoms with Crippen molar-refractivity contribution in [1.82, 2.24) is 0 Å². The van der Waals surface area contributed by atoms with E-state index in [9.17, 15) is 9.59 Å². The number of nitrogens with one attached hydrogen (secondary N) is 1. The number of nitrogens with zero attached hydrogens (tertiary/aromatic N) is 1. The number of carbonyl (C=O) groups excluding carboxylic acids is 2. The van der Waals surface area contributed by atoms with E-state index in [1.807, 2.05) is 36.4 Å². The molecule has 3 aliphatic heterocycles. The minimum absolute atomic E-state index is 0.132. The number of ether oxygens (including phenoxy) is 4. The van der Waals surface area contributed by atoms with Gasteiger partial charge < -0.3 is 29.2 Å². The van der Waals surface area contributed by atoms with Crippen LogP contribution in [0.2, 0.25) is 0 Å². The maximum atomic E-state index is 13.5. The van der Waals surface area contributed by atoms with E-state index in [2.05, 4.69) is 5.32 Å². The largest absolute Gasteiger partial charge is 0.497 e. The summed E-state index contributed by atoms with van der Waals surface area (Å²) in [6, 6.07) is 12.5. The van der Waals surface area contributed by atoms with E-state index in [1.165, 1.54) is 7.11 Å². The standard InChI is InChI=1S/C24H24N2O6/c1-29-15-6-4-5-14(11-15)26-13-24-10-9-18(32-24)20(21(24)23(26)28)22(27)25-17-8-7-16(30-2)12-19(17)31-3/h4-12,18,20-21H,13H2,1-3H3,(H,25,27)/t18-,20-,21-,24-/m1/s1. The molecule has 2 aromatic rings. The predicted octanol–water partition coefficient (Wildman–Crippen LogP) is 2.64. The van der Waals surface area contributed by atoms with E-state index in [-0.39, 0.29) is 11.8 Å². The third-order valence-corrected chi connectivity index (χ3v) is 6.43. The fourth-order valence-electron chi connectivity index (χ4n) is 4.91. The van der Waals surface area contributed by atoms with Gasteiger partial charge in [-0.25, -0.2) is 0 Å². The van der Waals surface area contributed by atoms with Crippen molar-refractivity contribution in [3.05, 3.63) is 54.6 Å². The minimum atomic E-state index is -0.809. The summed E-state index contributed by atoms with van der Waals surface area (Å²) in [7, 11) is 4.67. The zero-order valence-corrected chi connectivity index (χ0v) is 18.0. The Hall–Kier alpha value is -3.52. The Bertz CT molecular complexity index is 1120. The molecule has 4 atom stereocenters. The van der Waals surface area contributed by atoms with Crippen LogP contribution in [-0.4, -0.2) is 51.4 Å². The van der Waals surface area contributed by atoms with Gasteiger partial charge in [0.05, 0.1) is 51.5 Å². The Balaban J connectivity index is 1.42. The quantitative estimate of drug-likeness (QED) is 0.701. The molecule has 3 aliphatic rings. The molecular formula is C24H24N2O6. The van der Waals surface area contributed by atoms with Gasteiger partial charge in [0.1, 0.15) is 22.8 Å². The second kappa shape index (κ2) is 7.56. The number of anilines is 2. The summed E-state index contributed by atoms with van der Waals surface area (Å²) in [5.74, 6) is 0.0875. The molecule has 2 amide bonds. The predicted molar refractivity (Wildman–Crippen MR) is 117 cm³/mol. The maximum Gasteiger partial charge on any atom is 0.234 e. The Morgan fingerprint density at radius 1 is 1.09 bits per heavy atom. The summed E-state index contributed by atoms with van der Waals surface area (Å²) < 4.78 is 22.1. The molecule has 166 valence electrons. The monoisotopic (exact) mass is 436 g/mol. The van der Waals surface area contributed by atoms with Crippen molar-refractivity contribution < 1.29 is 28.5 Å². The van der Waals surface area contributed by atoms with E-state index in [0.29, 0.717) is 29.5 Å². The lowest BCUT2D eigenvalue weighted by atomic mass is 9.76. The van der Waals surface area contributed by atoms with Gasteiger partial charge in [0.2, 0.25) is 11.8 Å². The summed E-state index contributed by atoms with van der Waals surface area (Å²) in [6.07, 6.45) is 3.37. The van der Waals surface area contributed by atoms with Crippen LogP contribution in [0.4, 0.5) is 11.4 Å². The average Bonchev–Trinajstić information content (AvgIpc) is 3.47. The number of rotatable bonds is 6. The number of amides is 2. The van der Waals surface area contributed by atoms with Crippen LogP contribution in [-0.2, 0) is 14.3 Å². The Labute approximate surface area is 185 Å². The Kier molecular flexibility index (Phi) is 4.82. The van der Waals surface area contributed by atoms with Gasteiger partial charge in [0.25, 0.3) is 0 Å². The van der Waals surface area contributed by atoms with Gasteiger partial charge in [-0.1, -0.05) is 18.2 Å². The van der Waals surface area contributed by atoms with Crippen molar-refractivity contribution >= 4 is 23.2 Å². The lowest BCUT2D eigenvalue weighted by Crippen LogP contribution is -2.41. The van der Waals surface area contributed by atoms with Gasteiger partial charge in [-0.15, -0.1) is 0 Å². The van der Waals surface area contributed by atoms with E-state index in [1.54, 1.807) is 37.3 Å². The first kappa shape index (κ1) is 20.4. The molecule has 0 saturated carbocycles. The molecule has 0 aliphatic carbocycles. The molecule has 2 bridgehead atoms. The molecule has 0 aromatic heterocycles. The highest BCUT2D eigenvalue weighted by Gasteiger charge is 2.67. The second-order valence-corrected chi connectivity index (χ2v) is 8.08. The number of hydrogen-bond donors (Lipinski definition) is 1. The molecule has 2 fully saturated rings. The number of methoxy groups -OCH3 is 3. The molecule has 2 aromatic carbocycles. The average molecular weight is 436 g/mol. The summed E-state index contributed by atoms with van der Waals surface area (Å²) in [5.41, 5.74) is 0.417. The number of hydrogen-bond acceptors (Lipinski definition) is 6. The maximum absolute atomic E-state index is 13.5. The van der Waals surface area contributed by atoms with Crippen LogP contribution in [0.25, 0.3) is 0 Å². The molecule has 32 heavy (non-hydrogen) atoms. The van der Waals surface area contributed by atoms with Crippen LogP contribution in [0.3, 0.4) is 0 Å². The summed E-state index contributed by atoms with van der Waals surface area (Å²) >= 11 is 0. The third-order valence-electron chi connectivity index (χ3n) is 6.43. The van der Waals surface area contributed by atoms with Crippen molar-refractivity contribution in [3.8, 4) is 17.2 Å². The van der Waals surface area contributed by atoms with Gasteiger partial charge in [-0.2, -0.15) is 0 Å². The first-order chi connectivity index (χ1) is 15.5. The highest BCUT2D eigenvalue weighted by atomic mass is 16.5. The first-order valence-corrected chi connectivity index (χ1v) is 10.3. The van der Waals surface area contributed by atoms with Crippen molar-refractivity contribution in [2.45, 2.75) is 11.7 Å². The van der Waals surface area contributed by atoms with Gasteiger partial charge in [-0.3, -0.25) is 9.59 Å². The fourth-order valence-corrected chi connectivity index (χ4v) is 4.91. The Morgan fingerprint density at radius 3 is 2.62 bits per heavy atom. The van der Waals surface area contributed by atoms with Crippen molar-refractivity contribution in [2.24, 2.45) is 11.8 Å². The lowest BCUT2D eigenvalue weighted by Gasteiger charge is -2.24. The van der Waals surface area contributed by atoms with Gasteiger partial charge in [0, 0.05) is 17.8 Å². The molecule has 0 unspecified atom stereocenters. The third kappa shape index (κ3) is 3.02. The molecule has 5 rings (SSSR count). The Morgan fingerprint density at radius 2 is 1.88 bits per heavy atom. The van der Waals surface area contributed by atoms with Crippen LogP contribution in [0.5, 0.6) is 17.2 Å². The topological polar surface area (TPSA) is 86.3 Å². The smallest absolute Gasteiger partial charge is 0.234 e. The molecule has 1 N–H and O–H groups in total. The summed E-state index contributed by atoms with van der Waals surface area (Å²) in [6.45, 7) is 0.353. The van der Waals surface area contributed by atoms with Crippen LogP contribution < -0.4 is 24.4 Å². The van der Waals surface area contributed by atoms with E-state index < -0.39 is 23.5 Å². The molecule has 8 heteroatoms. The lowest BCUT2D eigenvalue weighted by molar-refractivity contribution is -0.128. The molecule has 3 heterocycles. The molecule has 8 nitrogen and oxygen atoms in total. The van der Waals surface area contributed by atoms with Crippen LogP contribution in [0.1, 0.15) is 0 Å². The molecule has 1 spiro atoms. The second-order valence-electron chi connectivity index (χ2n) is 8.08. The molecule has 0 radical (unpaired) electrons. The molecule has 2 saturated heterocycles. The van der Waals surface area contributed by atoms with E-state index >= 15 is 0 Å². The van der Waals surface area contributed by atoms with Gasteiger partial charge >= 0.3 is 0 Å². The minimum Gasteiger partial charge on any atom is -0.497 e. The van der Waals surface area contributed by atoms with Crippen LogP contribution in [0, 0.1) is 11.8 Å². The highest BCUT2D eigenvalue weighted by molar-refractivity contribution is 6.05. The van der Waals surface area contributed by atoms with Gasteiger partial charge in [-0.05, 0) is 24.3 Å². The van der Waals surface area contributed by atoms with Crippen molar-refractivity contribution in [3.63, 3.8) is 0 Å². The van der Waals surface area contributed by atoms with Crippen molar-refractivity contribution in [2.75, 3.05) is 38.1 Å². The zero-order chi connectivity index (χ0) is 22.5. The molecular weight excluding hydrogens is 412 g/mol. The summed E-state index contributed by atoms with van der Waals surface area (Å²) in [5, 5.41) is 2.92. The number of fused-ring (bicyclic) bond motifs is 1. The summed E-state index contributed by atoms with van der Waals surface area (Å²) in [4.78, 5) is 28.5. The van der Waals surface area contributed by atoms with Crippen molar-refractivity contribution in [1.29, 1.82) is 0 Å². The van der Waals surface area contributed by atoms with Crippen LogP contribution in [0.15, 0.2) is 54.6 Å². The number of benzene rings is 2. The number of carbonyl (C=O) groups is 2. The van der Waals surface area contributed by atoms with Crippen LogP contribution >= 0.6 is 0 Å². The highest BCUT2D eigenvalue weighted by Crippen LogP contribution is 2.53. The van der Waals surface area contributed by atoms with E-state index in [0.717, 1.165) is 5.69 Å². The zero-order valence-electron chi connectivity index (χ0n) is 18.0. The SMILES string of the molecule is COc1cccc(N2C[C@@]34C=C[C@@H](O3)[C@@H](C(=O)Nc3ccc(OC)cc3OC)[C@@H]4C2=O)c1. The first-order valence-electron chi connectivity index (χ1n) is 10.3.